The number of carboxylic acid groups (broad SMARTS) is 1. The molecule has 5 heteroatoms. The van der Waals surface area contributed by atoms with E-state index in [0.717, 1.165) is 15.7 Å². The molecule has 1 aromatic heterocycles. The maximum Gasteiger partial charge on any atom is 0.335 e. The molecule has 0 aliphatic carbocycles. The number of aryl methyl sites for hydroxylation is 2. The van der Waals surface area contributed by atoms with Gasteiger partial charge in [0.05, 0.1) is 5.56 Å². The van der Waals surface area contributed by atoms with Crippen LogP contribution in [0.25, 0.3) is 0 Å². The zero-order valence-corrected chi connectivity index (χ0v) is 13.1. The Bertz CT molecular complexity index is 602. The Balaban J connectivity index is 2.14. The van der Waals surface area contributed by atoms with Crippen molar-refractivity contribution in [1.29, 1.82) is 0 Å². The second-order valence-corrected chi connectivity index (χ2v) is 6.50. The minimum atomic E-state index is -0.905. The van der Waals surface area contributed by atoms with Crippen molar-refractivity contribution in [2.75, 3.05) is 5.32 Å². The van der Waals surface area contributed by atoms with Gasteiger partial charge in [-0.15, -0.1) is 11.3 Å². The number of carboxylic acids is 1. The average molecular weight is 340 g/mol. The van der Waals surface area contributed by atoms with Crippen LogP contribution in [-0.2, 0) is 6.54 Å². The topological polar surface area (TPSA) is 49.3 Å². The van der Waals surface area contributed by atoms with E-state index in [-0.39, 0.29) is 0 Å². The molecule has 1 aromatic carbocycles. The summed E-state index contributed by atoms with van der Waals surface area (Å²) >= 11 is 5.22. The van der Waals surface area contributed by atoms with Crippen molar-refractivity contribution in [2.24, 2.45) is 0 Å². The number of nitrogens with one attached hydrogen (secondary N) is 1. The number of rotatable bonds is 4. The van der Waals surface area contributed by atoms with Crippen LogP contribution in [0.2, 0.25) is 0 Å². The first-order valence-corrected chi connectivity index (χ1v) is 7.41. The summed E-state index contributed by atoms with van der Waals surface area (Å²) in [7, 11) is 0. The molecule has 1 heterocycles. The van der Waals surface area contributed by atoms with Crippen molar-refractivity contribution >= 4 is 38.9 Å². The average Bonchev–Trinajstić information content (AvgIpc) is 2.67. The van der Waals surface area contributed by atoms with Crippen molar-refractivity contribution in [1.82, 2.24) is 0 Å². The Labute approximate surface area is 124 Å². The number of hydrogen-bond donors (Lipinski definition) is 2. The maximum absolute atomic E-state index is 11.0. The molecule has 0 aliphatic heterocycles. The van der Waals surface area contributed by atoms with Crippen LogP contribution in [0.3, 0.4) is 0 Å². The molecule has 0 spiro atoms. The van der Waals surface area contributed by atoms with Gasteiger partial charge in [0.25, 0.3) is 0 Å². The van der Waals surface area contributed by atoms with Crippen LogP contribution in [0.15, 0.2) is 28.7 Å². The van der Waals surface area contributed by atoms with Gasteiger partial charge in [-0.05, 0) is 53.5 Å². The molecule has 19 heavy (non-hydrogen) atoms. The summed E-state index contributed by atoms with van der Waals surface area (Å²) in [6.07, 6.45) is 0. The molecule has 0 saturated carbocycles. The van der Waals surface area contributed by atoms with Gasteiger partial charge in [0.1, 0.15) is 0 Å². The summed E-state index contributed by atoms with van der Waals surface area (Å²) < 4.78 is 1.12. The lowest BCUT2D eigenvalue weighted by molar-refractivity contribution is 0.0697. The Hall–Kier alpha value is -1.33. The summed E-state index contributed by atoms with van der Waals surface area (Å²) in [6.45, 7) is 4.72. The fourth-order valence-corrected chi connectivity index (χ4v) is 3.27. The Kier molecular flexibility index (Phi) is 4.27. The van der Waals surface area contributed by atoms with Crippen LogP contribution in [0, 0.1) is 13.8 Å². The predicted molar refractivity (Wildman–Crippen MR) is 82.2 cm³/mol. The standard InChI is InChI=1S/C14H14BrNO2S/c1-8-3-4-10(14(17)18)5-13(8)16-7-11-6-12(15)9(2)19-11/h3-6,16H,7H2,1-2H3,(H,17,18). The van der Waals surface area contributed by atoms with Gasteiger partial charge >= 0.3 is 5.97 Å². The predicted octanol–water partition coefficient (Wildman–Crippen LogP) is 4.44. The van der Waals surface area contributed by atoms with Gasteiger partial charge < -0.3 is 10.4 Å². The van der Waals surface area contributed by atoms with E-state index in [0.29, 0.717) is 12.1 Å². The summed E-state index contributed by atoms with van der Waals surface area (Å²) in [4.78, 5) is 13.4. The molecule has 0 unspecified atom stereocenters. The second kappa shape index (κ2) is 5.75. The Morgan fingerprint density at radius 1 is 1.37 bits per heavy atom. The molecule has 2 rings (SSSR count). The first-order chi connectivity index (χ1) is 8.97. The smallest absolute Gasteiger partial charge is 0.335 e. The van der Waals surface area contributed by atoms with E-state index in [1.165, 1.54) is 9.75 Å². The minimum absolute atomic E-state index is 0.302. The van der Waals surface area contributed by atoms with Gasteiger partial charge in [-0.2, -0.15) is 0 Å². The van der Waals surface area contributed by atoms with Crippen molar-refractivity contribution in [3.63, 3.8) is 0 Å². The molecular weight excluding hydrogens is 326 g/mol. The number of hydrogen-bond acceptors (Lipinski definition) is 3. The van der Waals surface area contributed by atoms with E-state index in [1.54, 1.807) is 23.5 Å². The van der Waals surface area contributed by atoms with Gasteiger partial charge in [0.15, 0.2) is 0 Å². The quantitative estimate of drug-likeness (QED) is 0.865. The molecule has 0 saturated heterocycles. The number of aromatic carboxylic acids is 1. The first-order valence-electron chi connectivity index (χ1n) is 5.80. The zero-order valence-electron chi connectivity index (χ0n) is 10.7. The number of carbonyl (C=O) groups is 1. The number of benzene rings is 1. The lowest BCUT2D eigenvalue weighted by atomic mass is 10.1. The van der Waals surface area contributed by atoms with E-state index in [1.807, 2.05) is 13.0 Å². The highest BCUT2D eigenvalue weighted by Crippen LogP contribution is 2.27. The van der Waals surface area contributed by atoms with Crippen LogP contribution >= 0.6 is 27.3 Å². The zero-order chi connectivity index (χ0) is 14.0. The highest BCUT2D eigenvalue weighted by atomic mass is 79.9. The third kappa shape index (κ3) is 3.36. The second-order valence-electron chi connectivity index (χ2n) is 4.31. The third-order valence-electron chi connectivity index (χ3n) is 2.85. The fraction of sp³-hybridized carbons (Fsp3) is 0.214. The van der Waals surface area contributed by atoms with Gasteiger partial charge in [0.2, 0.25) is 0 Å². The molecular formula is C14H14BrNO2S. The molecule has 0 amide bonds. The number of anilines is 1. The van der Waals surface area contributed by atoms with Crippen molar-refractivity contribution in [3.8, 4) is 0 Å². The van der Waals surface area contributed by atoms with Crippen molar-refractivity contribution in [2.45, 2.75) is 20.4 Å². The van der Waals surface area contributed by atoms with E-state index < -0.39 is 5.97 Å². The van der Waals surface area contributed by atoms with Gasteiger partial charge in [-0.1, -0.05) is 6.07 Å². The normalized spacial score (nSPS) is 10.5. The molecule has 2 aromatic rings. The van der Waals surface area contributed by atoms with Gasteiger partial charge in [0, 0.05) is 26.5 Å². The molecule has 0 radical (unpaired) electrons. The van der Waals surface area contributed by atoms with Crippen LogP contribution in [-0.4, -0.2) is 11.1 Å². The SMILES string of the molecule is Cc1ccc(C(=O)O)cc1NCc1cc(Br)c(C)s1. The summed E-state index contributed by atoms with van der Waals surface area (Å²) in [5, 5.41) is 12.3. The van der Waals surface area contributed by atoms with E-state index in [9.17, 15) is 4.79 Å². The molecule has 3 nitrogen and oxygen atoms in total. The summed E-state index contributed by atoms with van der Waals surface area (Å²) in [5.74, 6) is -0.905. The number of halogens is 1. The largest absolute Gasteiger partial charge is 0.478 e. The molecule has 0 atom stereocenters. The van der Waals surface area contributed by atoms with Crippen molar-refractivity contribution < 1.29 is 9.90 Å². The van der Waals surface area contributed by atoms with Crippen LogP contribution < -0.4 is 5.32 Å². The van der Waals surface area contributed by atoms with Crippen LogP contribution in [0.4, 0.5) is 5.69 Å². The fourth-order valence-electron chi connectivity index (χ4n) is 1.73. The lowest BCUT2D eigenvalue weighted by Crippen LogP contribution is -2.02. The highest BCUT2D eigenvalue weighted by Gasteiger charge is 2.07. The molecule has 0 fully saturated rings. The minimum Gasteiger partial charge on any atom is -0.478 e. The molecule has 0 aliphatic rings. The van der Waals surface area contributed by atoms with Crippen LogP contribution in [0.5, 0.6) is 0 Å². The van der Waals surface area contributed by atoms with Gasteiger partial charge in [-0.25, -0.2) is 4.79 Å². The van der Waals surface area contributed by atoms with Crippen molar-refractivity contribution in [3.05, 3.63) is 49.6 Å². The van der Waals surface area contributed by atoms with E-state index in [4.69, 9.17) is 5.11 Å². The van der Waals surface area contributed by atoms with E-state index >= 15 is 0 Å². The van der Waals surface area contributed by atoms with E-state index in [2.05, 4.69) is 34.2 Å². The Morgan fingerprint density at radius 3 is 2.68 bits per heavy atom. The first kappa shape index (κ1) is 14.1. The monoisotopic (exact) mass is 339 g/mol. The Morgan fingerprint density at radius 2 is 2.11 bits per heavy atom. The third-order valence-corrected chi connectivity index (χ3v) is 4.98. The summed E-state index contributed by atoms with van der Waals surface area (Å²) in [5.41, 5.74) is 2.20. The maximum atomic E-state index is 11.0. The lowest BCUT2D eigenvalue weighted by Gasteiger charge is -2.09. The molecule has 2 N–H and O–H groups in total. The highest BCUT2D eigenvalue weighted by molar-refractivity contribution is 9.10. The molecule has 100 valence electrons. The number of thiophene rings is 1. The van der Waals surface area contributed by atoms with Crippen LogP contribution in [0.1, 0.15) is 25.7 Å². The molecule has 0 bridgehead atoms. The van der Waals surface area contributed by atoms with Gasteiger partial charge in [-0.3, -0.25) is 0 Å². The summed E-state index contributed by atoms with van der Waals surface area (Å²) in [6, 6.07) is 7.20.